The van der Waals surface area contributed by atoms with Gasteiger partial charge in [0.1, 0.15) is 10.6 Å². The minimum atomic E-state index is -0.416. The van der Waals surface area contributed by atoms with E-state index in [0.29, 0.717) is 10.6 Å². The molecule has 0 bridgehead atoms. The molecule has 3 rings (SSSR count). The summed E-state index contributed by atoms with van der Waals surface area (Å²) < 4.78 is 4.85. The first kappa shape index (κ1) is 13.3. The fourth-order valence-electron chi connectivity index (χ4n) is 1.93. The average molecular weight is 307 g/mol. The van der Waals surface area contributed by atoms with Gasteiger partial charge in [-0.25, -0.2) is 4.79 Å². The standard InChI is InChI=1S/C14H13NO3S2/c1-18-14(17)11-9(10-3-2-6-19-10)7-20-13(11)15-12(16)8-4-5-8/h2-3,6-8H,4-5H2,1H3,(H,15,16). The van der Waals surface area contributed by atoms with Gasteiger partial charge in [-0.3, -0.25) is 4.79 Å². The molecular weight excluding hydrogens is 294 g/mol. The van der Waals surface area contributed by atoms with E-state index in [1.54, 1.807) is 11.3 Å². The highest BCUT2D eigenvalue weighted by Gasteiger charge is 2.31. The van der Waals surface area contributed by atoms with Crippen molar-refractivity contribution in [3.63, 3.8) is 0 Å². The number of ether oxygens (including phenoxy) is 1. The number of amides is 1. The number of nitrogens with one attached hydrogen (secondary N) is 1. The maximum atomic E-state index is 12.0. The molecule has 0 saturated heterocycles. The molecule has 2 heterocycles. The van der Waals surface area contributed by atoms with Crippen molar-refractivity contribution in [2.75, 3.05) is 12.4 Å². The Bertz CT molecular complexity index is 641. The second-order valence-corrected chi connectivity index (χ2v) is 6.41. The zero-order valence-electron chi connectivity index (χ0n) is 10.8. The maximum absolute atomic E-state index is 12.0. The topological polar surface area (TPSA) is 55.4 Å². The van der Waals surface area contributed by atoms with Crippen LogP contribution in [0.4, 0.5) is 5.00 Å². The molecule has 1 N–H and O–H groups in total. The van der Waals surface area contributed by atoms with Crippen molar-refractivity contribution >= 4 is 39.6 Å². The first-order valence-electron chi connectivity index (χ1n) is 6.25. The zero-order chi connectivity index (χ0) is 14.1. The molecule has 1 amide bonds. The van der Waals surface area contributed by atoms with Crippen molar-refractivity contribution < 1.29 is 14.3 Å². The molecule has 20 heavy (non-hydrogen) atoms. The molecule has 1 aliphatic rings. The molecule has 1 saturated carbocycles. The second kappa shape index (κ2) is 5.38. The van der Waals surface area contributed by atoms with Gasteiger partial charge in [0.2, 0.25) is 5.91 Å². The van der Waals surface area contributed by atoms with Gasteiger partial charge in [0.05, 0.1) is 7.11 Å². The lowest BCUT2D eigenvalue weighted by molar-refractivity contribution is -0.117. The van der Waals surface area contributed by atoms with Crippen LogP contribution in [0.25, 0.3) is 10.4 Å². The van der Waals surface area contributed by atoms with E-state index < -0.39 is 5.97 Å². The van der Waals surface area contributed by atoms with Crippen LogP contribution in [0.2, 0.25) is 0 Å². The van der Waals surface area contributed by atoms with Gasteiger partial charge in [-0.1, -0.05) is 6.07 Å². The molecule has 6 heteroatoms. The van der Waals surface area contributed by atoms with E-state index in [1.165, 1.54) is 18.4 Å². The maximum Gasteiger partial charge on any atom is 0.341 e. The highest BCUT2D eigenvalue weighted by atomic mass is 32.1. The minimum absolute atomic E-state index is 0.00488. The Morgan fingerprint density at radius 2 is 2.15 bits per heavy atom. The van der Waals surface area contributed by atoms with E-state index >= 15 is 0 Å². The van der Waals surface area contributed by atoms with Gasteiger partial charge in [0, 0.05) is 21.7 Å². The van der Waals surface area contributed by atoms with E-state index in [0.717, 1.165) is 23.3 Å². The fourth-order valence-corrected chi connectivity index (χ4v) is 3.70. The molecule has 4 nitrogen and oxygen atoms in total. The molecule has 0 aromatic carbocycles. The van der Waals surface area contributed by atoms with E-state index in [-0.39, 0.29) is 11.8 Å². The summed E-state index contributed by atoms with van der Waals surface area (Å²) in [5.74, 6) is -0.316. The van der Waals surface area contributed by atoms with Gasteiger partial charge in [0.25, 0.3) is 0 Å². The molecule has 0 spiro atoms. The Kier molecular flexibility index (Phi) is 3.58. The molecule has 0 atom stereocenters. The lowest BCUT2D eigenvalue weighted by Crippen LogP contribution is -2.15. The Hall–Kier alpha value is -1.66. The summed E-state index contributed by atoms with van der Waals surface area (Å²) in [6, 6.07) is 3.88. The smallest absolute Gasteiger partial charge is 0.341 e. The summed E-state index contributed by atoms with van der Waals surface area (Å²) in [5.41, 5.74) is 1.27. The number of thiophene rings is 2. The van der Waals surface area contributed by atoms with Gasteiger partial charge >= 0.3 is 5.97 Å². The third kappa shape index (κ3) is 2.48. The van der Waals surface area contributed by atoms with Crippen LogP contribution >= 0.6 is 22.7 Å². The number of carbonyl (C=O) groups is 2. The highest BCUT2D eigenvalue weighted by Crippen LogP contribution is 2.39. The molecule has 0 unspecified atom stereocenters. The van der Waals surface area contributed by atoms with Crippen LogP contribution in [0.3, 0.4) is 0 Å². The van der Waals surface area contributed by atoms with Crippen LogP contribution in [0.5, 0.6) is 0 Å². The molecule has 2 aromatic heterocycles. The van der Waals surface area contributed by atoms with Crippen LogP contribution in [-0.2, 0) is 9.53 Å². The number of hydrogen-bond donors (Lipinski definition) is 1. The van der Waals surface area contributed by atoms with Crippen LogP contribution in [0.1, 0.15) is 23.2 Å². The molecule has 0 aliphatic heterocycles. The van der Waals surface area contributed by atoms with Crippen LogP contribution in [0.15, 0.2) is 22.9 Å². The Morgan fingerprint density at radius 3 is 2.75 bits per heavy atom. The Balaban J connectivity index is 1.97. The van der Waals surface area contributed by atoms with Crippen molar-refractivity contribution in [1.82, 2.24) is 0 Å². The van der Waals surface area contributed by atoms with E-state index in [9.17, 15) is 9.59 Å². The minimum Gasteiger partial charge on any atom is -0.465 e. The lowest BCUT2D eigenvalue weighted by atomic mass is 10.1. The summed E-state index contributed by atoms with van der Waals surface area (Å²) >= 11 is 2.92. The molecular formula is C14H13NO3S2. The molecule has 1 aliphatic carbocycles. The molecule has 1 fully saturated rings. The van der Waals surface area contributed by atoms with Gasteiger partial charge in [-0.2, -0.15) is 0 Å². The largest absolute Gasteiger partial charge is 0.465 e. The number of anilines is 1. The third-order valence-corrected chi connectivity index (χ3v) is 4.95. The summed E-state index contributed by atoms with van der Waals surface area (Å²) in [5, 5.41) is 7.28. The van der Waals surface area contributed by atoms with Gasteiger partial charge in [0.15, 0.2) is 0 Å². The molecule has 104 valence electrons. The van der Waals surface area contributed by atoms with Crippen molar-refractivity contribution in [3.8, 4) is 10.4 Å². The van der Waals surface area contributed by atoms with Crippen molar-refractivity contribution in [1.29, 1.82) is 0 Å². The average Bonchev–Trinajstić information content (AvgIpc) is 3.01. The molecule has 2 aromatic rings. The first-order valence-corrected chi connectivity index (χ1v) is 8.01. The van der Waals surface area contributed by atoms with Crippen LogP contribution < -0.4 is 5.32 Å². The predicted molar refractivity (Wildman–Crippen MR) is 80.3 cm³/mol. The third-order valence-electron chi connectivity index (χ3n) is 3.15. The molecule has 0 radical (unpaired) electrons. The normalized spacial score (nSPS) is 14.1. The first-order chi connectivity index (χ1) is 9.70. The van der Waals surface area contributed by atoms with Gasteiger partial charge in [-0.05, 0) is 24.3 Å². The highest BCUT2D eigenvalue weighted by molar-refractivity contribution is 7.17. The van der Waals surface area contributed by atoms with Crippen LogP contribution in [-0.4, -0.2) is 19.0 Å². The predicted octanol–water partition coefficient (Wildman–Crippen LogP) is 3.61. The summed E-state index contributed by atoms with van der Waals surface area (Å²) in [6.45, 7) is 0. The Morgan fingerprint density at radius 1 is 1.35 bits per heavy atom. The Labute approximate surface area is 124 Å². The number of hydrogen-bond acceptors (Lipinski definition) is 5. The number of rotatable bonds is 4. The van der Waals surface area contributed by atoms with Gasteiger partial charge < -0.3 is 10.1 Å². The van der Waals surface area contributed by atoms with Gasteiger partial charge in [-0.15, -0.1) is 22.7 Å². The van der Waals surface area contributed by atoms with E-state index in [1.807, 2.05) is 22.9 Å². The van der Waals surface area contributed by atoms with E-state index in [2.05, 4.69) is 5.32 Å². The fraction of sp³-hybridized carbons (Fsp3) is 0.286. The second-order valence-electron chi connectivity index (χ2n) is 4.59. The van der Waals surface area contributed by atoms with Crippen molar-refractivity contribution in [2.45, 2.75) is 12.8 Å². The SMILES string of the molecule is COC(=O)c1c(-c2cccs2)csc1NC(=O)C1CC1. The van der Waals surface area contributed by atoms with Crippen molar-refractivity contribution in [3.05, 3.63) is 28.5 Å². The number of carbonyl (C=O) groups excluding carboxylic acids is 2. The quantitative estimate of drug-likeness (QED) is 0.878. The zero-order valence-corrected chi connectivity index (χ0v) is 12.5. The van der Waals surface area contributed by atoms with Crippen LogP contribution in [0, 0.1) is 5.92 Å². The lowest BCUT2D eigenvalue weighted by Gasteiger charge is -2.06. The summed E-state index contributed by atoms with van der Waals surface area (Å²) in [7, 11) is 1.35. The van der Waals surface area contributed by atoms with E-state index in [4.69, 9.17) is 4.74 Å². The monoisotopic (exact) mass is 307 g/mol. The summed E-state index contributed by atoms with van der Waals surface area (Å²) in [4.78, 5) is 24.9. The van der Waals surface area contributed by atoms with Crippen molar-refractivity contribution in [2.24, 2.45) is 5.92 Å². The summed E-state index contributed by atoms with van der Waals surface area (Å²) in [6.07, 6.45) is 1.87. The number of methoxy groups -OCH3 is 1. The number of esters is 1.